The highest BCUT2D eigenvalue weighted by Gasteiger charge is 2.29. The van der Waals surface area contributed by atoms with Crippen molar-refractivity contribution in [2.24, 2.45) is 0 Å². The molecule has 0 radical (unpaired) electrons. The summed E-state index contributed by atoms with van der Waals surface area (Å²) in [5.41, 5.74) is 20.1. The lowest BCUT2D eigenvalue weighted by molar-refractivity contribution is 0.866. The summed E-state index contributed by atoms with van der Waals surface area (Å²) in [4.78, 5) is 5.05. The first-order valence-electron chi connectivity index (χ1n) is 24.2. The van der Waals surface area contributed by atoms with Gasteiger partial charge >= 0.3 is 0 Å². The summed E-state index contributed by atoms with van der Waals surface area (Å²) in [5, 5.41) is 12.7. The first kappa shape index (κ1) is 39.0. The minimum atomic E-state index is 0.436. The van der Waals surface area contributed by atoms with E-state index in [1.165, 1.54) is 132 Å². The number of benzene rings is 12. The van der Waals surface area contributed by atoms with Crippen LogP contribution >= 0.6 is 0 Å². The molecule has 2 heteroatoms. The van der Waals surface area contributed by atoms with E-state index in [-0.39, 0.29) is 0 Å². The number of anilines is 6. The second-order valence-corrected chi connectivity index (χ2v) is 19.6. The molecule has 12 aromatic carbocycles. The van der Waals surface area contributed by atoms with Crippen LogP contribution in [0.25, 0.3) is 98.4 Å². The highest BCUT2D eigenvalue weighted by Crippen LogP contribution is 2.55. The van der Waals surface area contributed by atoms with Gasteiger partial charge in [-0.3, -0.25) is 0 Å². The molecule has 14 rings (SSSR count). The molecule has 0 N–H and O–H groups in total. The maximum absolute atomic E-state index is 2.52. The standard InChI is InChI=1S/C66H48N2/c1-39(2)41-19-27-45(28-20-41)67(61-37-33-53-49-13-7-5-11-47(49)51-15-9-17-55(61)65(51)53)59-35-25-43-24-32-58-60(36-26-44-23-31-57(59)63(43)64(44)58)68(46-29-21-42(22-30-46)40(3)4)62-38-34-54-50-14-8-6-12-48(50)52-16-10-18-56(62)66(52)54/h5-40H,1-4H3. The third kappa shape index (κ3) is 5.52. The highest BCUT2D eigenvalue weighted by atomic mass is 15.2. The molecule has 0 saturated carbocycles. The third-order valence-electron chi connectivity index (χ3n) is 15.3. The van der Waals surface area contributed by atoms with Crippen molar-refractivity contribution in [1.82, 2.24) is 0 Å². The van der Waals surface area contributed by atoms with E-state index in [4.69, 9.17) is 0 Å². The van der Waals surface area contributed by atoms with Crippen molar-refractivity contribution in [3.63, 3.8) is 0 Å². The summed E-state index contributed by atoms with van der Waals surface area (Å²) in [6.45, 7) is 9.09. The van der Waals surface area contributed by atoms with E-state index >= 15 is 0 Å². The SMILES string of the molecule is CC(C)c1ccc(N(c2ccc3c4c(cccc24)-c2ccccc2-3)c2ccc3ccc4c(N(c5ccc(C(C)C)cc5)c5ccc6c7c(cccc57)-c5ccccc5-6)ccc5ccc2c3c54)cc1. The molecule has 68 heavy (non-hydrogen) atoms. The average molecular weight is 869 g/mol. The lowest BCUT2D eigenvalue weighted by atomic mass is 9.91. The summed E-state index contributed by atoms with van der Waals surface area (Å²) in [6.07, 6.45) is 0. The van der Waals surface area contributed by atoms with Crippen LogP contribution in [0.5, 0.6) is 0 Å². The fourth-order valence-electron chi connectivity index (χ4n) is 12.0. The summed E-state index contributed by atoms with van der Waals surface area (Å²) in [5.74, 6) is 0.872. The lowest BCUT2D eigenvalue weighted by Gasteiger charge is -2.31. The summed E-state index contributed by atoms with van der Waals surface area (Å²) < 4.78 is 0. The molecule has 0 amide bonds. The molecule has 0 fully saturated rings. The van der Waals surface area contributed by atoms with Crippen LogP contribution < -0.4 is 9.80 Å². The topological polar surface area (TPSA) is 6.48 Å². The van der Waals surface area contributed by atoms with Gasteiger partial charge in [0.2, 0.25) is 0 Å². The van der Waals surface area contributed by atoms with Crippen LogP contribution in [0.2, 0.25) is 0 Å². The Hall–Kier alpha value is -8.20. The minimum Gasteiger partial charge on any atom is -0.309 e. The molecular formula is C66H48N2. The van der Waals surface area contributed by atoms with Gasteiger partial charge in [0.25, 0.3) is 0 Å². The third-order valence-corrected chi connectivity index (χ3v) is 15.3. The van der Waals surface area contributed by atoms with Gasteiger partial charge in [0, 0.05) is 32.9 Å². The van der Waals surface area contributed by atoms with Crippen molar-refractivity contribution in [3.05, 3.63) is 217 Å². The van der Waals surface area contributed by atoms with E-state index in [1.54, 1.807) is 0 Å². The van der Waals surface area contributed by atoms with E-state index in [0.717, 1.165) is 11.4 Å². The molecule has 12 aromatic rings. The van der Waals surface area contributed by atoms with Crippen LogP contribution in [-0.4, -0.2) is 0 Å². The van der Waals surface area contributed by atoms with E-state index < -0.39 is 0 Å². The van der Waals surface area contributed by atoms with Gasteiger partial charge in [-0.15, -0.1) is 0 Å². The van der Waals surface area contributed by atoms with E-state index in [9.17, 15) is 0 Å². The van der Waals surface area contributed by atoms with Crippen molar-refractivity contribution >= 4 is 88.0 Å². The smallest absolute Gasteiger partial charge is 0.0540 e. The quantitative estimate of drug-likeness (QED) is 0.140. The molecular weight excluding hydrogens is 821 g/mol. The Morgan fingerprint density at radius 3 is 0.926 bits per heavy atom. The van der Waals surface area contributed by atoms with Gasteiger partial charge in [-0.25, -0.2) is 0 Å². The van der Waals surface area contributed by atoms with Gasteiger partial charge in [-0.05, 0) is 148 Å². The molecule has 0 bridgehead atoms. The van der Waals surface area contributed by atoms with Gasteiger partial charge in [0.1, 0.15) is 0 Å². The van der Waals surface area contributed by atoms with E-state index in [2.05, 4.69) is 244 Å². The number of hydrogen-bond acceptors (Lipinski definition) is 2. The van der Waals surface area contributed by atoms with Crippen LogP contribution in [0.4, 0.5) is 34.1 Å². The van der Waals surface area contributed by atoms with Crippen LogP contribution in [0, 0.1) is 0 Å². The van der Waals surface area contributed by atoms with Crippen LogP contribution in [0.1, 0.15) is 50.7 Å². The molecule has 0 heterocycles. The van der Waals surface area contributed by atoms with Gasteiger partial charge < -0.3 is 9.80 Å². The maximum atomic E-state index is 2.52. The summed E-state index contributed by atoms with van der Waals surface area (Å²) in [7, 11) is 0. The number of nitrogens with zero attached hydrogens (tertiary/aromatic N) is 2. The zero-order chi connectivity index (χ0) is 45.4. The second kappa shape index (κ2) is 14.6. The monoisotopic (exact) mass is 868 g/mol. The van der Waals surface area contributed by atoms with Crippen molar-refractivity contribution in [2.45, 2.75) is 39.5 Å². The Balaban J connectivity index is 1.02. The lowest BCUT2D eigenvalue weighted by Crippen LogP contribution is -2.12. The Bertz CT molecular complexity index is 3700. The number of rotatable bonds is 8. The number of hydrogen-bond donors (Lipinski definition) is 0. The molecule has 0 aliphatic heterocycles. The molecule has 0 saturated heterocycles. The Morgan fingerprint density at radius 1 is 0.250 bits per heavy atom. The fourth-order valence-corrected chi connectivity index (χ4v) is 12.0. The molecule has 0 aromatic heterocycles. The van der Waals surface area contributed by atoms with Crippen molar-refractivity contribution in [2.75, 3.05) is 9.80 Å². The molecule has 0 spiro atoms. The molecule has 322 valence electrons. The van der Waals surface area contributed by atoms with Crippen LogP contribution in [0.3, 0.4) is 0 Å². The van der Waals surface area contributed by atoms with Crippen LogP contribution in [0.15, 0.2) is 206 Å². The summed E-state index contributed by atoms with van der Waals surface area (Å²) >= 11 is 0. The van der Waals surface area contributed by atoms with Gasteiger partial charge in [-0.1, -0.05) is 185 Å². The minimum absolute atomic E-state index is 0.436. The van der Waals surface area contributed by atoms with Crippen molar-refractivity contribution in [3.8, 4) is 44.5 Å². The second-order valence-electron chi connectivity index (χ2n) is 19.6. The first-order chi connectivity index (χ1) is 33.4. The largest absolute Gasteiger partial charge is 0.309 e. The van der Waals surface area contributed by atoms with Crippen molar-refractivity contribution < 1.29 is 0 Å². The highest BCUT2D eigenvalue weighted by molar-refractivity contribution is 6.29. The van der Waals surface area contributed by atoms with Gasteiger partial charge in [0.05, 0.1) is 22.7 Å². The van der Waals surface area contributed by atoms with Gasteiger partial charge in [-0.2, -0.15) is 0 Å². The predicted octanol–water partition coefficient (Wildman–Crippen LogP) is 19.4. The van der Waals surface area contributed by atoms with Gasteiger partial charge in [0.15, 0.2) is 0 Å². The van der Waals surface area contributed by atoms with E-state index in [0.29, 0.717) is 11.8 Å². The van der Waals surface area contributed by atoms with Crippen molar-refractivity contribution in [1.29, 1.82) is 0 Å². The normalized spacial score (nSPS) is 12.4. The predicted molar refractivity (Wildman–Crippen MR) is 292 cm³/mol. The summed E-state index contributed by atoms with van der Waals surface area (Å²) in [6, 6.07) is 78.2. The van der Waals surface area contributed by atoms with Crippen LogP contribution in [-0.2, 0) is 0 Å². The molecule has 2 aliphatic rings. The Morgan fingerprint density at radius 2 is 0.559 bits per heavy atom. The molecule has 2 nitrogen and oxygen atoms in total. The fraction of sp³-hybridized carbons (Fsp3) is 0.0909. The molecule has 2 aliphatic carbocycles. The maximum Gasteiger partial charge on any atom is 0.0540 e. The Kier molecular flexibility index (Phi) is 8.40. The first-order valence-corrected chi connectivity index (χ1v) is 24.2. The molecule has 0 atom stereocenters. The molecule has 0 unspecified atom stereocenters. The average Bonchev–Trinajstić information content (AvgIpc) is 3.89. The Labute approximate surface area is 397 Å². The number of fused-ring (bicyclic) bond motifs is 6. The zero-order valence-electron chi connectivity index (χ0n) is 38.7. The zero-order valence-corrected chi connectivity index (χ0v) is 38.7. The van der Waals surface area contributed by atoms with E-state index in [1.807, 2.05) is 0 Å².